The minimum atomic E-state index is -4.85. The van der Waals surface area contributed by atoms with Gasteiger partial charge < -0.3 is 15.4 Å². The molecule has 0 fully saturated rings. The van der Waals surface area contributed by atoms with Crippen LogP contribution in [0.2, 0.25) is 5.02 Å². The van der Waals surface area contributed by atoms with Gasteiger partial charge in [0.15, 0.2) is 0 Å². The van der Waals surface area contributed by atoms with E-state index in [1.165, 1.54) is 16.8 Å². The highest BCUT2D eigenvalue weighted by Gasteiger charge is 2.35. The van der Waals surface area contributed by atoms with Gasteiger partial charge in [0, 0.05) is 22.3 Å². The Bertz CT molecular complexity index is 1160. The monoisotopic (exact) mass is 450 g/mol. The van der Waals surface area contributed by atoms with Crippen LogP contribution in [0.3, 0.4) is 0 Å². The first-order chi connectivity index (χ1) is 14.7. The molecule has 2 aromatic carbocycles. The van der Waals surface area contributed by atoms with Gasteiger partial charge in [0.1, 0.15) is 17.6 Å². The van der Waals surface area contributed by atoms with E-state index in [9.17, 15) is 22.8 Å². The third-order valence-electron chi connectivity index (χ3n) is 4.50. The van der Waals surface area contributed by atoms with E-state index in [-0.39, 0.29) is 12.1 Å². The van der Waals surface area contributed by atoms with Crippen LogP contribution < -0.4 is 15.4 Å². The summed E-state index contributed by atoms with van der Waals surface area (Å²) in [4.78, 5) is 24.8. The van der Waals surface area contributed by atoms with Gasteiger partial charge in [-0.05, 0) is 29.8 Å². The Hall–Kier alpha value is -3.53. The van der Waals surface area contributed by atoms with E-state index in [2.05, 4.69) is 20.5 Å². The highest BCUT2D eigenvalue weighted by molar-refractivity contribution is 6.30. The largest absolute Gasteiger partial charge is 0.573 e. The van der Waals surface area contributed by atoms with Crippen molar-refractivity contribution in [1.29, 1.82) is 0 Å². The van der Waals surface area contributed by atoms with Gasteiger partial charge >= 0.3 is 6.36 Å². The van der Waals surface area contributed by atoms with E-state index in [1.54, 1.807) is 24.4 Å². The first-order valence-corrected chi connectivity index (χ1v) is 9.37. The summed E-state index contributed by atoms with van der Waals surface area (Å²) in [5.41, 5.74) is 1.50. The normalized spacial score (nSPS) is 15.4. The van der Waals surface area contributed by atoms with Crippen molar-refractivity contribution in [3.63, 3.8) is 0 Å². The number of alkyl halides is 3. The zero-order valence-electron chi connectivity index (χ0n) is 15.6. The predicted octanol–water partition coefficient (Wildman–Crippen LogP) is 4.62. The van der Waals surface area contributed by atoms with Crippen molar-refractivity contribution in [2.75, 3.05) is 10.6 Å². The lowest BCUT2D eigenvalue weighted by atomic mass is 10.1. The molecule has 0 bridgehead atoms. The zero-order valence-corrected chi connectivity index (χ0v) is 16.4. The van der Waals surface area contributed by atoms with Crippen LogP contribution in [0.4, 0.5) is 24.7 Å². The second-order valence-electron chi connectivity index (χ2n) is 6.69. The van der Waals surface area contributed by atoms with Crippen LogP contribution in [0.15, 0.2) is 54.7 Å². The van der Waals surface area contributed by atoms with Gasteiger partial charge in [-0.3, -0.25) is 9.59 Å². The maximum Gasteiger partial charge on any atom is 0.573 e. The molecule has 2 amide bonds. The number of benzene rings is 2. The van der Waals surface area contributed by atoms with Gasteiger partial charge in [0.2, 0.25) is 5.91 Å². The van der Waals surface area contributed by atoms with E-state index in [4.69, 9.17) is 11.6 Å². The Balaban J connectivity index is 1.48. The standard InChI is InChI=1S/C20H14ClF3N4O3/c21-12-4-1-3-11(7-12)15-10-25-28-16(19(30)27-18(15)28)9-17(29)26-13-5-2-6-14(8-13)31-20(22,23)24/h1-8,10,16H,9H2,(H,26,29)(H,27,30). The number of fused-ring (bicyclic) bond motifs is 1. The van der Waals surface area contributed by atoms with E-state index >= 15 is 0 Å². The predicted molar refractivity (Wildman–Crippen MR) is 107 cm³/mol. The molecule has 1 unspecified atom stereocenters. The molecule has 4 rings (SSSR count). The third-order valence-corrected chi connectivity index (χ3v) is 4.74. The van der Waals surface area contributed by atoms with Crippen molar-refractivity contribution in [3.05, 3.63) is 59.8 Å². The first-order valence-electron chi connectivity index (χ1n) is 8.99. The highest BCUT2D eigenvalue weighted by Crippen LogP contribution is 2.36. The van der Waals surface area contributed by atoms with E-state index in [0.717, 1.165) is 17.7 Å². The summed E-state index contributed by atoms with van der Waals surface area (Å²) in [6.45, 7) is 0. The molecule has 2 heterocycles. The molecule has 160 valence electrons. The second kappa shape index (κ2) is 7.95. The Labute approximate surface area is 178 Å². The number of ether oxygens (including phenoxy) is 1. The molecule has 0 spiro atoms. The molecule has 2 N–H and O–H groups in total. The van der Waals surface area contributed by atoms with Crippen LogP contribution in [0.5, 0.6) is 5.75 Å². The number of carbonyl (C=O) groups excluding carboxylic acids is 2. The van der Waals surface area contributed by atoms with Crippen LogP contribution >= 0.6 is 11.6 Å². The van der Waals surface area contributed by atoms with Crippen molar-refractivity contribution in [1.82, 2.24) is 9.78 Å². The smallest absolute Gasteiger partial charge is 0.406 e. The fourth-order valence-corrected chi connectivity index (χ4v) is 3.43. The van der Waals surface area contributed by atoms with Gasteiger partial charge in [-0.2, -0.15) is 5.10 Å². The van der Waals surface area contributed by atoms with Crippen LogP contribution in [-0.2, 0) is 9.59 Å². The molecule has 7 nitrogen and oxygen atoms in total. The topological polar surface area (TPSA) is 85.2 Å². The van der Waals surface area contributed by atoms with Gasteiger partial charge in [-0.15, -0.1) is 13.2 Å². The minimum absolute atomic E-state index is 0.102. The fraction of sp³-hybridized carbons (Fsp3) is 0.150. The molecule has 31 heavy (non-hydrogen) atoms. The van der Waals surface area contributed by atoms with Crippen LogP contribution in [0.1, 0.15) is 12.5 Å². The molecule has 0 saturated carbocycles. The number of nitrogens with one attached hydrogen (secondary N) is 2. The number of aromatic nitrogens is 2. The summed E-state index contributed by atoms with van der Waals surface area (Å²) in [5, 5.41) is 9.92. The lowest BCUT2D eigenvalue weighted by molar-refractivity contribution is -0.274. The highest BCUT2D eigenvalue weighted by atomic mass is 35.5. The molecule has 0 aliphatic carbocycles. The van der Waals surface area contributed by atoms with Crippen molar-refractivity contribution < 1.29 is 27.5 Å². The van der Waals surface area contributed by atoms with Crippen molar-refractivity contribution in [3.8, 4) is 16.9 Å². The number of amides is 2. The molecular formula is C20H14ClF3N4O3. The maximum absolute atomic E-state index is 12.4. The van der Waals surface area contributed by atoms with Gasteiger partial charge in [-0.1, -0.05) is 29.8 Å². The molecular weight excluding hydrogens is 437 g/mol. The van der Waals surface area contributed by atoms with E-state index in [1.807, 2.05) is 6.07 Å². The summed E-state index contributed by atoms with van der Waals surface area (Å²) in [7, 11) is 0. The van der Waals surface area contributed by atoms with Crippen LogP contribution in [-0.4, -0.2) is 28.0 Å². The maximum atomic E-state index is 12.4. The Morgan fingerprint density at radius 3 is 2.74 bits per heavy atom. The molecule has 11 heteroatoms. The number of nitrogens with zero attached hydrogens (tertiary/aromatic N) is 2. The van der Waals surface area contributed by atoms with Crippen molar-refractivity contribution in [2.45, 2.75) is 18.8 Å². The Kier molecular flexibility index (Phi) is 5.32. The minimum Gasteiger partial charge on any atom is -0.406 e. The molecule has 1 atom stereocenters. The Morgan fingerprint density at radius 2 is 2.00 bits per heavy atom. The lowest BCUT2D eigenvalue weighted by Crippen LogP contribution is -2.23. The van der Waals surface area contributed by atoms with Crippen molar-refractivity contribution in [2.24, 2.45) is 0 Å². The lowest BCUT2D eigenvalue weighted by Gasteiger charge is -2.12. The number of halogens is 4. The zero-order chi connectivity index (χ0) is 22.2. The number of carbonyl (C=O) groups is 2. The van der Waals surface area contributed by atoms with E-state index in [0.29, 0.717) is 16.4 Å². The summed E-state index contributed by atoms with van der Waals surface area (Å²) in [6, 6.07) is 11.0. The number of hydrogen-bond donors (Lipinski definition) is 2. The molecule has 0 radical (unpaired) electrons. The summed E-state index contributed by atoms with van der Waals surface area (Å²) in [6.07, 6.45) is -3.55. The van der Waals surface area contributed by atoms with Crippen LogP contribution in [0, 0.1) is 0 Å². The average Bonchev–Trinajstić information content (AvgIpc) is 3.20. The third kappa shape index (κ3) is 4.64. The number of rotatable bonds is 5. The molecule has 0 saturated heterocycles. The van der Waals surface area contributed by atoms with Crippen LogP contribution in [0.25, 0.3) is 11.1 Å². The molecule has 1 aliphatic heterocycles. The second-order valence-corrected chi connectivity index (χ2v) is 7.13. The van der Waals surface area contributed by atoms with Gasteiger partial charge in [-0.25, -0.2) is 4.68 Å². The fourth-order valence-electron chi connectivity index (χ4n) is 3.24. The number of anilines is 2. The number of hydrogen-bond acceptors (Lipinski definition) is 4. The summed E-state index contributed by atoms with van der Waals surface area (Å²) in [5.74, 6) is -1.03. The SMILES string of the molecule is O=C(CC1C(=O)Nc2c(-c3cccc(Cl)c3)cnn21)Nc1cccc(OC(F)(F)F)c1. The molecule has 3 aromatic rings. The average molecular weight is 451 g/mol. The van der Waals surface area contributed by atoms with Gasteiger partial charge in [0.25, 0.3) is 5.91 Å². The van der Waals surface area contributed by atoms with Crippen molar-refractivity contribution >= 4 is 34.9 Å². The van der Waals surface area contributed by atoms with E-state index < -0.39 is 30.0 Å². The first kappa shape index (κ1) is 20.7. The Morgan fingerprint density at radius 1 is 1.23 bits per heavy atom. The summed E-state index contributed by atoms with van der Waals surface area (Å²) >= 11 is 6.02. The molecule has 1 aromatic heterocycles. The molecule has 1 aliphatic rings. The summed E-state index contributed by atoms with van der Waals surface area (Å²) < 4.78 is 42.3. The quantitative estimate of drug-likeness (QED) is 0.594. The van der Waals surface area contributed by atoms with Gasteiger partial charge in [0.05, 0.1) is 12.6 Å².